The van der Waals surface area contributed by atoms with Gasteiger partial charge >= 0.3 is 0 Å². The summed E-state index contributed by atoms with van der Waals surface area (Å²) in [5, 5.41) is 7.35. The van der Waals surface area contributed by atoms with Crippen LogP contribution >= 0.6 is 0 Å². The Kier molecular flexibility index (Phi) is 2.46. The van der Waals surface area contributed by atoms with E-state index in [0.29, 0.717) is 5.92 Å². The monoisotopic (exact) mass is 227 g/mol. The molecule has 0 unspecified atom stereocenters. The first-order valence-corrected chi connectivity index (χ1v) is 6.19. The molecule has 1 aliphatic carbocycles. The zero-order valence-corrected chi connectivity index (χ0v) is 10.3. The van der Waals surface area contributed by atoms with Crippen LogP contribution < -0.4 is 0 Å². The lowest BCUT2D eigenvalue weighted by Gasteiger charge is -2.04. The second-order valence-electron chi connectivity index (χ2n) is 5.02. The molecule has 2 aromatic rings. The van der Waals surface area contributed by atoms with Crippen molar-refractivity contribution in [3.05, 3.63) is 46.5 Å². The Balaban J connectivity index is 1.82. The van der Waals surface area contributed by atoms with Crippen LogP contribution in [0.2, 0.25) is 0 Å². The highest BCUT2D eigenvalue weighted by atomic mass is 15.2. The first-order valence-electron chi connectivity index (χ1n) is 6.19. The Morgan fingerprint density at radius 1 is 1.29 bits per heavy atom. The van der Waals surface area contributed by atoms with Gasteiger partial charge in [-0.1, -0.05) is 23.8 Å². The summed E-state index contributed by atoms with van der Waals surface area (Å²) in [4.78, 5) is 4.57. The second-order valence-corrected chi connectivity index (χ2v) is 5.02. The minimum absolute atomic E-state index is 0.624. The van der Waals surface area contributed by atoms with Crippen molar-refractivity contribution in [3.63, 3.8) is 0 Å². The van der Waals surface area contributed by atoms with Crippen LogP contribution in [0.1, 0.15) is 47.1 Å². The van der Waals surface area contributed by atoms with E-state index in [2.05, 4.69) is 47.2 Å². The molecule has 3 rings (SSSR count). The number of benzene rings is 1. The van der Waals surface area contributed by atoms with Crippen molar-refractivity contribution in [1.29, 1.82) is 0 Å². The molecule has 1 fully saturated rings. The molecular formula is C14H17N3. The summed E-state index contributed by atoms with van der Waals surface area (Å²) in [5.41, 5.74) is 3.95. The molecule has 0 amide bonds. The maximum absolute atomic E-state index is 4.57. The van der Waals surface area contributed by atoms with E-state index >= 15 is 0 Å². The fraction of sp³-hybridized carbons (Fsp3) is 0.429. The first kappa shape index (κ1) is 10.5. The number of hydrogen-bond acceptors (Lipinski definition) is 2. The van der Waals surface area contributed by atoms with Crippen LogP contribution in [-0.4, -0.2) is 15.2 Å². The standard InChI is InChI=1S/C14H17N3/c1-9-3-4-10(2)12(7-9)8-13-15-14(17-16-13)11-5-6-11/h3-4,7,11H,5-6,8H2,1-2H3,(H,15,16,17). The normalized spacial score (nSPS) is 15.2. The zero-order valence-electron chi connectivity index (χ0n) is 10.3. The molecule has 17 heavy (non-hydrogen) atoms. The van der Waals surface area contributed by atoms with Gasteiger partial charge in [0.1, 0.15) is 5.82 Å². The van der Waals surface area contributed by atoms with Gasteiger partial charge in [0.05, 0.1) is 0 Å². The molecule has 1 N–H and O–H groups in total. The average molecular weight is 227 g/mol. The third kappa shape index (κ3) is 2.23. The summed E-state index contributed by atoms with van der Waals surface area (Å²) >= 11 is 0. The van der Waals surface area contributed by atoms with Gasteiger partial charge in [0.15, 0.2) is 5.82 Å². The van der Waals surface area contributed by atoms with E-state index in [1.807, 2.05) is 0 Å². The molecule has 1 aromatic carbocycles. The molecule has 0 aliphatic heterocycles. The predicted octanol–water partition coefficient (Wildman–Crippen LogP) is 2.89. The van der Waals surface area contributed by atoms with E-state index in [1.54, 1.807) is 0 Å². The van der Waals surface area contributed by atoms with Gasteiger partial charge in [0.2, 0.25) is 0 Å². The predicted molar refractivity (Wildman–Crippen MR) is 67.1 cm³/mol. The number of nitrogens with one attached hydrogen (secondary N) is 1. The molecule has 0 saturated heterocycles. The lowest BCUT2D eigenvalue weighted by molar-refractivity contribution is 0.932. The summed E-state index contributed by atoms with van der Waals surface area (Å²) in [5.74, 6) is 2.62. The third-order valence-electron chi connectivity index (χ3n) is 3.35. The third-order valence-corrected chi connectivity index (χ3v) is 3.35. The van der Waals surface area contributed by atoms with Gasteiger partial charge < -0.3 is 0 Å². The van der Waals surface area contributed by atoms with Crippen molar-refractivity contribution >= 4 is 0 Å². The average Bonchev–Trinajstić information content (AvgIpc) is 3.05. The van der Waals surface area contributed by atoms with E-state index in [-0.39, 0.29) is 0 Å². The smallest absolute Gasteiger partial charge is 0.153 e. The van der Waals surface area contributed by atoms with Crippen LogP contribution in [0.4, 0.5) is 0 Å². The summed E-state index contributed by atoms with van der Waals surface area (Å²) in [6.07, 6.45) is 3.36. The van der Waals surface area contributed by atoms with Crippen LogP contribution in [0.3, 0.4) is 0 Å². The maximum Gasteiger partial charge on any atom is 0.153 e. The number of aryl methyl sites for hydroxylation is 2. The van der Waals surface area contributed by atoms with Gasteiger partial charge in [0, 0.05) is 12.3 Å². The fourth-order valence-corrected chi connectivity index (χ4v) is 2.08. The highest BCUT2D eigenvalue weighted by Crippen LogP contribution is 2.37. The Morgan fingerprint density at radius 2 is 2.12 bits per heavy atom. The lowest BCUT2D eigenvalue weighted by Crippen LogP contribution is -1.95. The van der Waals surface area contributed by atoms with Crippen LogP contribution in [0.5, 0.6) is 0 Å². The van der Waals surface area contributed by atoms with Gasteiger partial charge in [-0.2, -0.15) is 5.10 Å². The van der Waals surface area contributed by atoms with Gasteiger partial charge in [0.25, 0.3) is 0 Å². The van der Waals surface area contributed by atoms with Crippen LogP contribution in [-0.2, 0) is 6.42 Å². The SMILES string of the molecule is Cc1ccc(C)c(Cc2nc(C3CC3)n[nH]2)c1. The molecule has 1 aliphatic rings. The number of hydrogen-bond donors (Lipinski definition) is 1. The maximum atomic E-state index is 4.57. The lowest BCUT2D eigenvalue weighted by atomic mass is 10.0. The van der Waals surface area contributed by atoms with Crippen molar-refractivity contribution in [2.24, 2.45) is 0 Å². The van der Waals surface area contributed by atoms with Gasteiger partial charge in [-0.15, -0.1) is 0 Å². The molecular weight excluding hydrogens is 210 g/mol. The molecule has 1 aromatic heterocycles. The molecule has 1 saturated carbocycles. The molecule has 3 nitrogen and oxygen atoms in total. The highest BCUT2D eigenvalue weighted by molar-refractivity contribution is 5.32. The summed E-state index contributed by atoms with van der Waals surface area (Å²) in [6, 6.07) is 6.55. The number of rotatable bonds is 3. The second kappa shape index (κ2) is 3.99. The van der Waals surface area contributed by atoms with Crippen molar-refractivity contribution in [2.75, 3.05) is 0 Å². The fourth-order valence-electron chi connectivity index (χ4n) is 2.08. The number of nitrogens with zero attached hydrogens (tertiary/aromatic N) is 2. The van der Waals surface area contributed by atoms with E-state index < -0.39 is 0 Å². The van der Waals surface area contributed by atoms with Crippen molar-refractivity contribution < 1.29 is 0 Å². The Bertz CT molecular complexity index is 538. The Morgan fingerprint density at radius 3 is 2.88 bits per heavy atom. The quantitative estimate of drug-likeness (QED) is 0.876. The van der Waals surface area contributed by atoms with E-state index in [4.69, 9.17) is 0 Å². The first-order chi connectivity index (χ1) is 8.22. The minimum atomic E-state index is 0.624. The highest BCUT2D eigenvalue weighted by Gasteiger charge is 2.27. The van der Waals surface area contributed by atoms with Crippen molar-refractivity contribution in [3.8, 4) is 0 Å². The van der Waals surface area contributed by atoms with E-state index in [9.17, 15) is 0 Å². The summed E-state index contributed by atoms with van der Waals surface area (Å²) in [6.45, 7) is 4.27. The topological polar surface area (TPSA) is 41.6 Å². The molecule has 0 radical (unpaired) electrons. The molecule has 3 heteroatoms. The van der Waals surface area contributed by atoms with Crippen LogP contribution in [0.25, 0.3) is 0 Å². The van der Waals surface area contributed by atoms with Gasteiger partial charge in [-0.3, -0.25) is 5.10 Å². The molecule has 0 bridgehead atoms. The number of aromatic amines is 1. The molecule has 0 atom stereocenters. The van der Waals surface area contributed by atoms with Crippen LogP contribution in [0, 0.1) is 13.8 Å². The largest absolute Gasteiger partial charge is 0.263 e. The molecule has 1 heterocycles. The number of aromatic nitrogens is 3. The Labute approximate surface area is 101 Å². The van der Waals surface area contributed by atoms with Crippen molar-refractivity contribution in [1.82, 2.24) is 15.2 Å². The number of H-pyrrole nitrogens is 1. The van der Waals surface area contributed by atoms with Gasteiger partial charge in [-0.05, 0) is 37.8 Å². The van der Waals surface area contributed by atoms with Crippen molar-refractivity contribution in [2.45, 2.75) is 39.0 Å². The van der Waals surface area contributed by atoms with E-state index in [0.717, 1.165) is 18.1 Å². The minimum Gasteiger partial charge on any atom is -0.263 e. The zero-order chi connectivity index (χ0) is 11.8. The van der Waals surface area contributed by atoms with Crippen LogP contribution in [0.15, 0.2) is 18.2 Å². The molecule has 0 spiro atoms. The van der Waals surface area contributed by atoms with Gasteiger partial charge in [-0.25, -0.2) is 4.98 Å². The Hall–Kier alpha value is -1.64. The van der Waals surface area contributed by atoms with E-state index in [1.165, 1.54) is 29.5 Å². The molecule has 88 valence electrons. The summed E-state index contributed by atoms with van der Waals surface area (Å²) < 4.78 is 0. The summed E-state index contributed by atoms with van der Waals surface area (Å²) in [7, 11) is 0.